The van der Waals surface area contributed by atoms with Gasteiger partial charge in [0.2, 0.25) is 5.91 Å². The topological polar surface area (TPSA) is 46.6 Å². The van der Waals surface area contributed by atoms with Gasteiger partial charge in [-0.25, -0.2) is 0 Å². The standard InChI is InChI=1S/C21H33NO3/c1-8-17-14(5)15(6)19(13-21(24)25-11-4)18(16(17)7)12-20(23)22(9-2)10-3/h8-13H2,1-7H3. The van der Waals surface area contributed by atoms with Crippen LogP contribution in [0.4, 0.5) is 0 Å². The number of rotatable bonds is 8. The van der Waals surface area contributed by atoms with Crippen LogP contribution < -0.4 is 0 Å². The molecule has 0 aliphatic heterocycles. The summed E-state index contributed by atoms with van der Waals surface area (Å²) in [5, 5.41) is 0. The van der Waals surface area contributed by atoms with Crippen LogP contribution in [0.2, 0.25) is 0 Å². The van der Waals surface area contributed by atoms with Crippen molar-refractivity contribution >= 4 is 11.9 Å². The third-order valence-electron chi connectivity index (χ3n) is 5.16. The fraction of sp³-hybridized carbons (Fsp3) is 0.619. The number of hydrogen-bond acceptors (Lipinski definition) is 3. The van der Waals surface area contributed by atoms with E-state index in [0.29, 0.717) is 26.1 Å². The van der Waals surface area contributed by atoms with Gasteiger partial charge < -0.3 is 9.64 Å². The summed E-state index contributed by atoms with van der Waals surface area (Å²) in [4.78, 5) is 26.6. The first-order valence-electron chi connectivity index (χ1n) is 9.35. The van der Waals surface area contributed by atoms with Gasteiger partial charge in [0.1, 0.15) is 0 Å². The highest BCUT2D eigenvalue weighted by Gasteiger charge is 2.22. The number of esters is 1. The third kappa shape index (κ3) is 4.83. The molecule has 1 rings (SSSR count). The molecule has 25 heavy (non-hydrogen) atoms. The van der Waals surface area contributed by atoms with Crippen molar-refractivity contribution in [3.05, 3.63) is 33.4 Å². The zero-order valence-electron chi connectivity index (χ0n) is 16.9. The number of nitrogens with zero attached hydrogens (tertiary/aromatic N) is 1. The molecule has 0 fully saturated rings. The molecule has 0 bridgehead atoms. The SMILES string of the molecule is CCOC(=O)Cc1c(C)c(C)c(CC)c(C)c1CC(=O)N(CC)CC. The number of amides is 1. The normalized spacial score (nSPS) is 10.7. The average molecular weight is 347 g/mol. The van der Waals surface area contributed by atoms with Crippen LogP contribution in [0.5, 0.6) is 0 Å². The van der Waals surface area contributed by atoms with E-state index in [-0.39, 0.29) is 18.3 Å². The summed E-state index contributed by atoms with van der Waals surface area (Å²) in [5.74, 6) is -0.117. The number of carbonyl (C=O) groups is 2. The molecule has 0 unspecified atom stereocenters. The van der Waals surface area contributed by atoms with E-state index < -0.39 is 0 Å². The maximum atomic E-state index is 12.7. The Labute approximate surface area is 152 Å². The summed E-state index contributed by atoms with van der Waals surface area (Å²) < 4.78 is 5.15. The van der Waals surface area contributed by atoms with Crippen LogP contribution in [0.25, 0.3) is 0 Å². The molecule has 0 heterocycles. The molecule has 0 aliphatic carbocycles. The summed E-state index contributed by atoms with van der Waals surface area (Å²) in [7, 11) is 0. The number of likely N-dealkylation sites (N-methyl/N-ethyl adjacent to an activating group) is 1. The lowest BCUT2D eigenvalue weighted by Crippen LogP contribution is -2.32. The van der Waals surface area contributed by atoms with Crippen LogP contribution >= 0.6 is 0 Å². The highest BCUT2D eigenvalue weighted by atomic mass is 16.5. The minimum atomic E-state index is -0.231. The molecule has 1 amide bonds. The quantitative estimate of drug-likeness (QED) is 0.674. The van der Waals surface area contributed by atoms with E-state index in [1.54, 1.807) is 0 Å². The Morgan fingerprint density at radius 2 is 1.32 bits per heavy atom. The smallest absolute Gasteiger partial charge is 0.310 e. The molecule has 0 spiro atoms. The van der Waals surface area contributed by atoms with Crippen LogP contribution in [0.1, 0.15) is 61.1 Å². The summed E-state index contributed by atoms with van der Waals surface area (Å²) >= 11 is 0. The molecule has 0 atom stereocenters. The maximum Gasteiger partial charge on any atom is 0.310 e. The van der Waals surface area contributed by atoms with Gasteiger partial charge in [0.25, 0.3) is 0 Å². The molecular weight excluding hydrogens is 314 g/mol. The van der Waals surface area contributed by atoms with Gasteiger partial charge in [-0.2, -0.15) is 0 Å². The van der Waals surface area contributed by atoms with Crippen molar-refractivity contribution in [2.75, 3.05) is 19.7 Å². The van der Waals surface area contributed by atoms with Crippen LogP contribution in [0.3, 0.4) is 0 Å². The van der Waals surface area contributed by atoms with Crippen LogP contribution in [0.15, 0.2) is 0 Å². The largest absolute Gasteiger partial charge is 0.466 e. The Morgan fingerprint density at radius 1 is 0.800 bits per heavy atom. The first-order valence-corrected chi connectivity index (χ1v) is 9.35. The lowest BCUT2D eigenvalue weighted by atomic mass is 9.84. The summed E-state index contributed by atoms with van der Waals surface area (Å²) in [6.45, 7) is 15.9. The lowest BCUT2D eigenvalue weighted by molar-refractivity contribution is -0.142. The fourth-order valence-electron chi connectivity index (χ4n) is 3.57. The van der Waals surface area contributed by atoms with E-state index in [0.717, 1.165) is 28.7 Å². The fourth-order valence-corrected chi connectivity index (χ4v) is 3.57. The van der Waals surface area contributed by atoms with E-state index in [1.807, 2.05) is 32.6 Å². The molecule has 1 aromatic rings. The zero-order valence-corrected chi connectivity index (χ0v) is 16.9. The van der Waals surface area contributed by atoms with Crippen LogP contribution in [-0.2, 0) is 33.6 Å². The number of benzene rings is 1. The first kappa shape index (κ1) is 21.2. The zero-order chi connectivity index (χ0) is 19.1. The van der Waals surface area contributed by atoms with Gasteiger partial charge in [-0.15, -0.1) is 0 Å². The molecule has 0 aliphatic rings. The molecule has 0 aromatic heterocycles. The molecule has 0 radical (unpaired) electrons. The lowest BCUT2D eigenvalue weighted by Gasteiger charge is -2.24. The monoisotopic (exact) mass is 347 g/mol. The van der Waals surface area contributed by atoms with Gasteiger partial charge >= 0.3 is 5.97 Å². The van der Waals surface area contributed by atoms with Gasteiger partial charge in [-0.3, -0.25) is 9.59 Å². The predicted molar refractivity (Wildman–Crippen MR) is 102 cm³/mol. The molecule has 0 saturated heterocycles. The second kappa shape index (κ2) is 9.59. The van der Waals surface area contributed by atoms with Gasteiger partial charge in [0.05, 0.1) is 19.4 Å². The minimum Gasteiger partial charge on any atom is -0.466 e. The number of ether oxygens (including phenoxy) is 1. The van der Waals surface area contributed by atoms with E-state index in [1.165, 1.54) is 11.1 Å². The molecule has 0 N–H and O–H groups in total. The number of carbonyl (C=O) groups excluding carboxylic acids is 2. The van der Waals surface area contributed by atoms with Crippen molar-refractivity contribution in [2.24, 2.45) is 0 Å². The van der Waals surface area contributed by atoms with Crippen LogP contribution in [-0.4, -0.2) is 36.5 Å². The molecule has 0 saturated carbocycles. The Kier molecular flexibility index (Phi) is 8.14. The molecule has 4 heteroatoms. The Hall–Kier alpha value is -1.84. The van der Waals surface area contributed by atoms with Crippen molar-refractivity contribution in [1.29, 1.82) is 0 Å². The first-order chi connectivity index (χ1) is 11.8. The van der Waals surface area contributed by atoms with Crippen molar-refractivity contribution in [3.8, 4) is 0 Å². The van der Waals surface area contributed by atoms with E-state index >= 15 is 0 Å². The Bertz CT molecular complexity index is 631. The average Bonchev–Trinajstić information content (AvgIpc) is 2.57. The van der Waals surface area contributed by atoms with Gasteiger partial charge in [0.15, 0.2) is 0 Å². The van der Waals surface area contributed by atoms with Crippen molar-refractivity contribution in [2.45, 2.75) is 67.7 Å². The predicted octanol–water partition coefficient (Wildman–Crippen LogP) is 3.69. The van der Waals surface area contributed by atoms with Crippen molar-refractivity contribution < 1.29 is 14.3 Å². The summed E-state index contributed by atoms with van der Waals surface area (Å²) in [5.41, 5.74) is 6.73. The second-order valence-corrected chi connectivity index (χ2v) is 6.39. The molecular formula is C21H33NO3. The number of hydrogen-bond donors (Lipinski definition) is 0. The van der Waals surface area contributed by atoms with Crippen LogP contribution in [0, 0.1) is 20.8 Å². The third-order valence-corrected chi connectivity index (χ3v) is 5.16. The molecule has 1 aromatic carbocycles. The van der Waals surface area contributed by atoms with Gasteiger partial charge in [-0.1, -0.05) is 6.92 Å². The minimum absolute atomic E-state index is 0.114. The Balaban J connectivity index is 3.42. The summed E-state index contributed by atoms with van der Waals surface area (Å²) in [6.07, 6.45) is 1.49. The second-order valence-electron chi connectivity index (χ2n) is 6.39. The highest BCUT2D eigenvalue weighted by Crippen LogP contribution is 2.29. The van der Waals surface area contributed by atoms with Crippen molar-refractivity contribution in [3.63, 3.8) is 0 Å². The van der Waals surface area contributed by atoms with Gasteiger partial charge in [0, 0.05) is 13.1 Å². The highest BCUT2D eigenvalue weighted by molar-refractivity contribution is 5.81. The molecule has 4 nitrogen and oxygen atoms in total. The Morgan fingerprint density at radius 3 is 1.80 bits per heavy atom. The van der Waals surface area contributed by atoms with E-state index in [4.69, 9.17) is 4.74 Å². The van der Waals surface area contributed by atoms with E-state index in [2.05, 4.69) is 20.8 Å². The molecule has 140 valence electrons. The van der Waals surface area contributed by atoms with E-state index in [9.17, 15) is 9.59 Å². The van der Waals surface area contributed by atoms with Crippen molar-refractivity contribution in [1.82, 2.24) is 4.90 Å². The summed E-state index contributed by atoms with van der Waals surface area (Å²) in [6, 6.07) is 0. The maximum absolute atomic E-state index is 12.7. The van der Waals surface area contributed by atoms with Gasteiger partial charge in [-0.05, 0) is 81.3 Å².